The summed E-state index contributed by atoms with van der Waals surface area (Å²) in [6, 6.07) is 0. The van der Waals surface area contributed by atoms with Crippen molar-refractivity contribution in [2.24, 2.45) is 35.5 Å². The summed E-state index contributed by atoms with van der Waals surface area (Å²) in [5, 5.41) is 0. The first-order valence-electron chi connectivity index (χ1n) is 12.7. The van der Waals surface area contributed by atoms with E-state index in [1.165, 1.54) is 64.2 Å². The van der Waals surface area contributed by atoms with E-state index in [4.69, 9.17) is 0 Å². The van der Waals surface area contributed by atoms with Crippen molar-refractivity contribution in [3.05, 3.63) is 0 Å². The van der Waals surface area contributed by atoms with Gasteiger partial charge in [-0.05, 0) is 74.0 Å². The zero-order chi connectivity index (χ0) is 18.8. The zero-order valence-electron chi connectivity index (χ0n) is 18.8. The van der Waals surface area contributed by atoms with Gasteiger partial charge in [0.15, 0.2) is 0 Å². The van der Waals surface area contributed by atoms with Crippen LogP contribution in [0.25, 0.3) is 0 Å². The summed E-state index contributed by atoms with van der Waals surface area (Å²) >= 11 is 0. The fourth-order valence-electron chi connectivity index (χ4n) is 6.62. The summed E-state index contributed by atoms with van der Waals surface area (Å²) in [7, 11) is 0. The highest BCUT2D eigenvalue weighted by molar-refractivity contribution is 4.91. The highest BCUT2D eigenvalue weighted by Gasteiger charge is 2.41. The van der Waals surface area contributed by atoms with E-state index >= 15 is 0 Å². The molecule has 6 atom stereocenters. The second-order valence-electron chi connectivity index (χ2n) is 10.0. The molecule has 0 aromatic carbocycles. The SMILES string of the molecule is CCCCC(CC)CC1CCC(CC(CC)CCCC)C2CCCCC12. The van der Waals surface area contributed by atoms with E-state index in [0.717, 1.165) is 35.5 Å². The van der Waals surface area contributed by atoms with Gasteiger partial charge in [-0.25, -0.2) is 0 Å². The molecule has 26 heavy (non-hydrogen) atoms. The summed E-state index contributed by atoms with van der Waals surface area (Å²) < 4.78 is 0. The van der Waals surface area contributed by atoms with E-state index in [-0.39, 0.29) is 0 Å². The molecule has 2 rings (SSSR count). The van der Waals surface area contributed by atoms with E-state index in [2.05, 4.69) is 27.7 Å². The van der Waals surface area contributed by atoms with Crippen LogP contribution in [0.5, 0.6) is 0 Å². The summed E-state index contributed by atoms with van der Waals surface area (Å²) in [6.45, 7) is 9.61. The molecule has 2 fully saturated rings. The van der Waals surface area contributed by atoms with Gasteiger partial charge in [0.05, 0.1) is 0 Å². The highest BCUT2D eigenvalue weighted by atomic mass is 14.5. The van der Waals surface area contributed by atoms with Gasteiger partial charge in [-0.2, -0.15) is 0 Å². The summed E-state index contributed by atoms with van der Waals surface area (Å²) in [5.41, 5.74) is 0. The average Bonchev–Trinajstić information content (AvgIpc) is 2.69. The Morgan fingerprint density at radius 1 is 0.615 bits per heavy atom. The Labute approximate surface area is 166 Å². The maximum Gasteiger partial charge on any atom is -0.0355 e. The number of hydrogen-bond donors (Lipinski definition) is 0. The fourth-order valence-corrected chi connectivity index (χ4v) is 6.62. The van der Waals surface area contributed by atoms with Gasteiger partial charge in [0.2, 0.25) is 0 Å². The molecule has 2 aliphatic carbocycles. The van der Waals surface area contributed by atoms with Crippen molar-refractivity contribution in [1.82, 2.24) is 0 Å². The standard InChI is InChI=1S/C26H50/c1-5-9-13-21(7-3)19-23-17-18-24(20-22(8-4)14-10-6-2)26-16-12-11-15-25(23)26/h21-26H,5-20H2,1-4H3. The molecule has 0 heterocycles. The highest BCUT2D eigenvalue weighted by Crippen LogP contribution is 2.51. The van der Waals surface area contributed by atoms with Gasteiger partial charge in [0.1, 0.15) is 0 Å². The maximum atomic E-state index is 2.45. The number of hydrogen-bond acceptors (Lipinski definition) is 0. The normalized spacial score (nSPS) is 31.4. The summed E-state index contributed by atoms with van der Waals surface area (Å²) in [6.07, 6.45) is 24.0. The molecule has 0 aromatic rings. The van der Waals surface area contributed by atoms with Crippen LogP contribution in [0.3, 0.4) is 0 Å². The first kappa shape index (κ1) is 22.3. The minimum Gasteiger partial charge on any atom is -0.0654 e. The molecule has 0 heteroatoms. The molecule has 0 N–H and O–H groups in total. The largest absolute Gasteiger partial charge is 0.0654 e. The molecule has 0 amide bonds. The summed E-state index contributed by atoms with van der Waals surface area (Å²) in [5.74, 6) is 6.39. The average molecular weight is 363 g/mol. The Hall–Kier alpha value is 0. The van der Waals surface area contributed by atoms with Crippen molar-refractivity contribution in [3.63, 3.8) is 0 Å². The quantitative estimate of drug-likeness (QED) is 0.325. The molecule has 0 saturated heterocycles. The van der Waals surface area contributed by atoms with Crippen LogP contribution in [-0.2, 0) is 0 Å². The molecular formula is C26H50. The number of rotatable bonds is 12. The minimum absolute atomic E-state index is 1.02. The smallest absolute Gasteiger partial charge is 0.0355 e. The van der Waals surface area contributed by atoms with Gasteiger partial charge in [-0.3, -0.25) is 0 Å². The van der Waals surface area contributed by atoms with Crippen molar-refractivity contribution < 1.29 is 0 Å². The minimum atomic E-state index is 1.02. The third-order valence-corrected chi connectivity index (χ3v) is 8.35. The molecule has 0 bridgehead atoms. The molecular weight excluding hydrogens is 312 g/mol. The summed E-state index contributed by atoms with van der Waals surface area (Å²) in [4.78, 5) is 0. The van der Waals surface area contributed by atoms with Crippen LogP contribution >= 0.6 is 0 Å². The van der Waals surface area contributed by atoms with E-state index in [1.54, 1.807) is 38.5 Å². The lowest BCUT2D eigenvalue weighted by atomic mass is 9.58. The van der Waals surface area contributed by atoms with Crippen molar-refractivity contribution in [3.8, 4) is 0 Å². The lowest BCUT2D eigenvalue weighted by molar-refractivity contribution is 0.0252. The van der Waals surface area contributed by atoms with Crippen LogP contribution in [0.15, 0.2) is 0 Å². The molecule has 0 spiro atoms. The van der Waals surface area contributed by atoms with Crippen LogP contribution in [-0.4, -0.2) is 0 Å². The molecule has 0 aromatic heterocycles. The molecule has 0 nitrogen and oxygen atoms in total. The Balaban J connectivity index is 1.94. The lowest BCUT2D eigenvalue weighted by Gasteiger charge is -2.48. The second-order valence-corrected chi connectivity index (χ2v) is 10.0. The van der Waals surface area contributed by atoms with Crippen molar-refractivity contribution in [2.75, 3.05) is 0 Å². The van der Waals surface area contributed by atoms with Gasteiger partial charge in [0.25, 0.3) is 0 Å². The molecule has 0 radical (unpaired) electrons. The maximum absolute atomic E-state index is 2.45. The predicted molar refractivity (Wildman–Crippen MR) is 118 cm³/mol. The van der Waals surface area contributed by atoms with Gasteiger partial charge in [0, 0.05) is 0 Å². The van der Waals surface area contributed by atoms with Gasteiger partial charge in [-0.1, -0.05) is 91.9 Å². The third-order valence-electron chi connectivity index (χ3n) is 8.35. The van der Waals surface area contributed by atoms with Crippen LogP contribution in [0, 0.1) is 35.5 Å². The van der Waals surface area contributed by atoms with E-state index in [1.807, 2.05) is 0 Å². The van der Waals surface area contributed by atoms with E-state index < -0.39 is 0 Å². The molecule has 154 valence electrons. The van der Waals surface area contributed by atoms with Crippen molar-refractivity contribution in [2.45, 2.75) is 130 Å². The first-order valence-corrected chi connectivity index (χ1v) is 12.7. The van der Waals surface area contributed by atoms with Crippen molar-refractivity contribution >= 4 is 0 Å². The monoisotopic (exact) mass is 362 g/mol. The van der Waals surface area contributed by atoms with Crippen LogP contribution in [0.2, 0.25) is 0 Å². The Bertz CT molecular complexity index is 312. The lowest BCUT2D eigenvalue weighted by Crippen LogP contribution is -2.38. The van der Waals surface area contributed by atoms with Crippen LogP contribution in [0.4, 0.5) is 0 Å². The fraction of sp³-hybridized carbons (Fsp3) is 1.00. The molecule has 2 saturated carbocycles. The van der Waals surface area contributed by atoms with Crippen LogP contribution < -0.4 is 0 Å². The third kappa shape index (κ3) is 6.56. The van der Waals surface area contributed by atoms with E-state index in [0.29, 0.717) is 0 Å². The molecule has 0 aliphatic heterocycles. The zero-order valence-corrected chi connectivity index (χ0v) is 18.8. The second kappa shape index (κ2) is 12.5. The first-order chi connectivity index (χ1) is 12.7. The van der Waals surface area contributed by atoms with Gasteiger partial charge < -0.3 is 0 Å². The predicted octanol–water partition coefficient (Wildman–Crippen LogP) is 9.03. The van der Waals surface area contributed by atoms with Gasteiger partial charge >= 0.3 is 0 Å². The Morgan fingerprint density at radius 3 is 1.38 bits per heavy atom. The van der Waals surface area contributed by atoms with Crippen molar-refractivity contribution in [1.29, 1.82) is 0 Å². The Morgan fingerprint density at radius 2 is 1.04 bits per heavy atom. The topological polar surface area (TPSA) is 0 Å². The number of fused-ring (bicyclic) bond motifs is 1. The number of unbranched alkanes of at least 4 members (excludes halogenated alkanes) is 2. The van der Waals surface area contributed by atoms with E-state index in [9.17, 15) is 0 Å². The molecule has 6 unspecified atom stereocenters. The Kier molecular flexibility index (Phi) is 10.7. The van der Waals surface area contributed by atoms with Gasteiger partial charge in [-0.15, -0.1) is 0 Å². The molecule has 2 aliphatic rings. The van der Waals surface area contributed by atoms with Crippen LogP contribution in [0.1, 0.15) is 130 Å².